The lowest BCUT2D eigenvalue weighted by atomic mass is 10.0. The van der Waals surface area contributed by atoms with Gasteiger partial charge >= 0.3 is 0 Å². The highest BCUT2D eigenvalue weighted by Crippen LogP contribution is 2.21. The van der Waals surface area contributed by atoms with Crippen molar-refractivity contribution in [1.29, 1.82) is 0 Å². The lowest BCUT2D eigenvalue weighted by Crippen LogP contribution is -2.25. The smallest absolute Gasteiger partial charge is 0.123 e. The fraction of sp³-hybridized carbons (Fsp3) is 0.385. The molecule has 5 heteroatoms. The molecule has 1 unspecified atom stereocenters. The SMILES string of the molecule is CCCNC(c1ccc(F)cc1)c1cnnn1C. The highest BCUT2D eigenvalue weighted by Gasteiger charge is 2.17. The van der Waals surface area contributed by atoms with Crippen LogP contribution in [-0.2, 0) is 7.05 Å². The Bertz CT molecular complexity index is 492. The Morgan fingerprint density at radius 2 is 2.06 bits per heavy atom. The third-order valence-corrected chi connectivity index (χ3v) is 2.85. The Morgan fingerprint density at radius 3 is 2.61 bits per heavy atom. The summed E-state index contributed by atoms with van der Waals surface area (Å²) in [5, 5.41) is 11.3. The fourth-order valence-electron chi connectivity index (χ4n) is 1.90. The first-order valence-electron chi connectivity index (χ1n) is 6.05. The van der Waals surface area contributed by atoms with Gasteiger partial charge in [-0.2, -0.15) is 0 Å². The zero-order valence-corrected chi connectivity index (χ0v) is 10.6. The van der Waals surface area contributed by atoms with Gasteiger partial charge in [-0.1, -0.05) is 24.3 Å². The summed E-state index contributed by atoms with van der Waals surface area (Å²) in [6.07, 6.45) is 2.76. The van der Waals surface area contributed by atoms with Crippen molar-refractivity contribution in [2.75, 3.05) is 6.54 Å². The van der Waals surface area contributed by atoms with Crippen LogP contribution in [0.15, 0.2) is 30.5 Å². The molecule has 0 spiro atoms. The lowest BCUT2D eigenvalue weighted by molar-refractivity contribution is 0.549. The Balaban J connectivity index is 2.30. The number of nitrogens with one attached hydrogen (secondary N) is 1. The van der Waals surface area contributed by atoms with Crippen molar-refractivity contribution in [3.05, 3.63) is 47.5 Å². The topological polar surface area (TPSA) is 42.7 Å². The molecule has 0 saturated carbocycles. The molecule has 0 radical (unpaired) electrons. The van der Waals surface area contributed by atoms with E-state index in [1.54, 1.807) is 23.0 Å². The van der Waals surface area contributed by atoms with Crippen LogP contribution in [0.4, 0.5) is 4.39 Å². The molecule has 1 atom stereocenters. The lowest BCUT2D eigenvalue weighted by Gasteiger charge is -2.18. The van der Waals surface area contributed by atoms with Crippen LogP contribution in [0, 0.1) is 5.82 Å². The summed E-state index contributed by atoms with van der Waals surface area (Å²) in [5.74, 6) is -0.226. The van der Waals surface area contributed by atoms with E-state index in [1.165, 1.54) is 12.1 Å². The predicted octanol–water partition coefficient (Wildman–Crippen LogP) is 2.04. The number of hydrogen-bond donors (Lipinski definition) is 1. The minimum atomic E-state index is -0.226. The van der Waals surface area contributed by atoms with Crippen LogP contribution >= 0.6 is 0 Å². The van der Waals surface area contributed by atoms with Gasteiger partial charge in [0.15, 0.2) is 0 Å². The number of aromatic nitrogens is 3. The van der Waals surface area contributed by atoms with E-state index in [0.29, 0.717) is 0 Å². The molecule has 0 fully saturated rings. The van der Waals surface area contributed by atoms with E-state index in [2.05, 4.69) is 22.6 Å². The molecule has 1 heterocycles. The summed E-state index contributed by atoms with van der Waals surface area (Å²) in [6, 6.07) is 6.51. The monoisotopic (exact) mass is 248 g/mol. The molecular formula is C13H17FN4. The minimum Gasteiger partial charge on any atom is -0.305 e. The molecular weight excluding hydrogens is 231 g/mol. The Morgan fingerprint density at radius 1 is 1.33 bits per heavy atom. The number of aryl methyl sites for hydroxylation is 1. The zero-order chi connectivity index (χ0) is 13.0. The van der Waals surface area contributed by atoms with Gasteiger partial charge < -0.3 is 5.32 Å². The average molecular weight is 248 g/mol. The molecule has 0 amide bonds. The second-order valence-corrected chi connectivity index (χ2v) is 4.22. The number of rotatable bonds is 5. The first-order valence-corrected chi connectivity index (χ1v) is 6.05. The van der Waals surface area contributed by atoms with Crippen LogP contribution in [0.5, 0.6) is 0 Å². The van der Waals surface area contributed by atoms with Crippen LogP contribution in [0.2, 0.25) is 0 Å². The highest BCUT2D eigenvalue weighted by atomic mass is 19.1. The molecule has 0 aliphatic rings. The van der Waals surface area contributed by atoms with Crippen LogP contribution in [-0.4, -0.2) is 21.5 Å². The van der Waals surface area contributed by atoms with Gasteiger partial charge in [-0.3, -0.25) is 4.68 Å². The van der Waals surface area contributed by atoms with E-state index in [-0.39, 0.29) is 11.9 Å². The van der Waals surface area contributed by atoms with Crippen LogP contribution < -0.4 is 5.32 Å². The second kappa shape index (κ2) is 5.73. The van der Waals surface area contributed by atoms with Gasteiger partial charge in [-0.25, -0.2) is 4.39 Å². The summed E-state index contributed by atoms with van der Waals surface area (Å²) in [4.78, 5) is 0. The average Bonchev–Trinajstić information content (AvgIpc) is 2.78. The largest absolute Gasteiger partial charge is 0.305 e. The molecule has 1 aromatic heterocycles. The van der Waals surface area contributed by atoms with Crippen molar-refractivity contribution in [2.45, 2.75) is 19.4 Å². The van der Waals surface area contributed by atoms with Gasteiger partial charge in [0.1, 0.15) is 5.82 Å². The van der Waals surface area contributed by atoms with Gasteiger partial charge in [0.05, 0.1) is 17.9 Å². The van der Waals surface area contributed by atoms with E-state index in [0.717, 1.165) is 24.2 Å². The van der Waals surface area contributed by atoms with Crippen LogP contribution in [0.1, 0.15) is 30.6 Å². The molecule has 1 N–H and O–H groups in total. The number of hydrogen-bond acceptors (Lipinski definition) is 3. The molecule has 0 bridgehead atoms. The highest BCUT2D eigenvalue weighted by molar-refractivity contribution is 5.27. The van der Waals surface area contributed by atoms with Crippen molar-refractivity contribution >= 4 is 0 Å². The molecule has 0 aliphatic carbocycles. The van der Waals surface area contributed by atoms with E-state index in [4.69, 9.17) is 0 Å². The van der Waals surface area contributed by atoms with Gasteiger partial charge in [-0.05, 0) is 30.7 Å². The Kier molecular flexibility index (Phi) is 4.04. The van der Waals surface area contributed by atoms with Crippen LogP contribution in [0.25, 0.3) is 0 Å². The summed E-state index contributed by atoms with van der Waals surface area (Å²) >= 11 is 0. The van der Waals surface area contributed by atoms with Gasteiger partial charge in [-0.15, -0.1) is 5.10 Å². The third kappa shape index (κ3) is 2.73. The minimum absolute atomic E-state index is 0.00875. The molecule has 2 rings (SSSR count). The molecule has 2 aromatic rings. The van der Waals surface area contributed by atoms with Gasteiger partial charge in [0, 0.05) is 7.05 Å². The number of halogens is 1. The molecule has 0 saturated heterocycles. The van der Waals surface area contributed by atoms with Crippen molar-refractivity contribution in [3.63, 3.8) is 0 Å². The maximum atomic E-state index is 13.0. The zero-order valence-electron chi connectivity index (χ0n) is 10.6. The quantitative estimate of drug-likeness (QED) is 0.880. The molecule has 1 aromatic carbocycles. The van der Waals surface area contributed by atoms with E-state index < -0.39 is 0 Å². The molecule has 18 heavy (non-hydrogen) atoms. The summed E-state index contributed by atoms with van der Waals surface area (Å²) < 4.78 is 14.7. The van der Waals surface area contributed by atoms with E-state index >= 15 is 0 Å². The van der Waals surface area contributed by atoms with Gasteiger partial charge in [0.2, 0.25) is 0 Å². The first kappa shape index (κ1) is 12.7. The first-order chi connectivity index (χ1) is 8.72. The maximum absolute atomic E-state index is 13.0. The summed E-state index contributed by atoms with van der Waals surface area (Å²) in [7, 11) is 1.85. The van der Waals surface area contributed by atoms with Crippen LogP contribution in [0.3, 0.4) is 0 Å². The number of nitrogens with zero attached hydrogens (tertiary/aromatic N) is 3. The van der Waals surface area contributed by atoms with Crippen molar-refractivity contribution in [1.82, 2.24) is 20.3 Å². The van der Waals surface area contributed by atoms with E-state index in [9.17, 15) is 4.39 Å². The molecule has 0 aliphatic heterocycles. The second-order valence-electron chi connectivity index (χ2n) is 4.22. The summed E-state index contributed by atoms with van der Waals surface area (Å²) in [5.41, 5.74) is 1.98. The third-order valence-electron chi connectivity index (χ3n) is 2.85. The number of benzene rings is 1. The standard InChI is InChI=1S/C13H17FN4/c1-3-8-15-13(12-9-16-17-18(12)2)10-4-6-11(14)7-5-10/h4-7,9,13,15H,3,8H2,1-2H3. The molecule has 96 valence electrons. The van der Waals surface area contributed by atoms with Crippen molar-refractivity contribution < 1.29 is 4.39 Å². The maximum Gasteiger partial charge on any atom is 0.123 e. The fourth-order valence-corrected chi connectivity index (χ4v) is 1.90. The molecule has 4 nitrogen and oxygen atoms in total. The Hall–Kier alpha value is -1.75. The Labute approximate surface area is 106 Å². The summed E-state index contributed by atoms with van der Waals surface area (Å²) in [6.45, 7) is 2.99. The van der Waals surface area contributed by atoms with Crippen molar-refractivity contribution in [3.8, 4) is 0 Å². The predicted molar refractivity (Wildman–Crippen MR) is 67.5 cm³/mol. The van der Waals surface area contributed by atoms with Gasteiger partial charge in [0.25, 0.3) is 0 Å². The van der Waals surface area contributed by atoms with Crippen molar-refractivity contribution in [2.24, 2.45) is 7.05 Å². The van der Waals surface area contributed by atoms with E-state index in [1.807, 2.05) is 7.05 Å². The normalized spacial score (nSPS) is 12.6.